The Bertz CT molecular complexity index is 1040. The molecule has 0 radical (unpaired) electrons. The maximum atomic E-state index is 11.1. The number of amides is 1. The van der Waals surface area contributed by atoms with Crippen LogP contribution in [0.3, 0.4) is 0 Å². The minimum atomic E-state index is -0.129. The van der Waals surface area contributed by atoms with Gasteiger partial charge in [-0.1, -0.05) is 0 Å². The first-order valence-corrected chi connectivity index (χ1v) is 9.99. The van der Waals surface area contributed by atoms with Gasteiger partial charge in [0.25, 0.3) is 0 Å². The molecule has 1 amide bonds. The molecule has 1 saturated carbocycles. The summed E-state index contributed by atoms with van der Waals surface area (Å²) in [5, 5.41) is 2.76. The molecule has 8 heteroatoms. The zero-order chi connectivity index (χ0) is 21.1. The first-order chi connectivity index (χ1) is 14.5. The van der Waals surface area contributed by atoms with E-state index in [1.54, 1.807) is 19.4 Å². The number of nitrogens with one attached hydrogen (secondary N) is 1. The molecule has 3 aromatic rings. The summed E-state index contributed by atoms with van der Waals surface area (Å²) in [4.78, 5) is 19.9. The minimum Gasteiger partial charge on any atom is -0.496 e. The average Bonchev–Trinajstić information content (AvgIpc) is 3.46. The zero-order valence-corrected chi connectivity index (χ0v) is 17.3. The summed E-state index contributed by atoms with van der Waals surface area (Å²) in [6.07, 6.45) is 4.08. The molecule has 0 bridgehead atoms. The predicted molar refractivity (Wildman–Crippen MR) is 111 cm³/mol. The third kappa shape index (κ3) is 4.82. The van der Waals surface area contributed by atoms with Crippen LogP contribution in [0.4, 0.5) is 0 Å². The SMILES string of the molecule is COc1cc(OCC2CC2)ccc1-c1nc2cnc(OC[C@H](C)NC(C)=O)cc2o1. The molecule has 0 saturated heterocycles. The van der Waals surface area contributed by atoms with Gasteiger partial charge in [-0.3, -0.25) is 4.79 Å². The Morgan fingerprint density at radius 3 is 2.87 bits per heavy atom. The monoisotopic (exact) mass is 411 g/mol. The molecule has 1 aliphatic carbocycles. The van der Waals surface area contributed by atoms with Gasteiger partial charge < -0.3 is 23.9 Å². The van der Waals surface area contributed by atoms with E-state index < -0.39 is 0 Å². The van der Waals surface area contributed by atoms with E-state index in [-0.39, 0.29) is 11.9 Å². The van der Waals surface area contributed by atoms with Crippen molar-refractivity contribution in [1.29, 1.82) is 0 Å². The van der Waals surface area contributed by atoms with Crippen molar-refractivity contribution in [3.63, 3.8) is 0 Å². The molecule has 0 unspecified atom stereocenters. The Hall–Kier alpha value is -3.29. The van der Waals surface area contributed by atoms with Crippen LogP contribution in [0.1, 0.15) is 26.7 Å². The second-order valence-corrected chi connectivity index (χ2v) is 7.54. The first-order valence-electron chi connectivity index (χ1n) is 9.99. The molecule has 1 N–H and O–H groups in total. The van der Waals surface area contributed by atoms with Crippen molar-refractivity contribution in [2.75, 3.05) is 20.3 Å². The number of fused-ring (bicyclic) bond motifs is 1. The fraction of sp³-hybridized carbons (Fsp3) is 0.409. The Morgan fingerprint density at radius 2 is 2.13 bits per heavy atom. The highest BCUT2D eigenvalue weighted by molar-refractivity contribution is 5.78. The summed E-state index contributed by atoms with van der Waals surface area (Å²) in [6, 6.07) is 7.18. The zero-order valence-electron chi connectivity index (χ0n) is 17.3. The third-order valence-electron chi connectivity index (χ3n) is 4.77. The Kier molecular flexibility index (Phi) is 5.74. The van der Waals surface area contributed by atoms with E-state index in [1.807, 2.05) is 25.1 Å². The van der Waals surface area contributed by atoms with Crippen molar-refractivity contribution in [3.05, 3.63) is 30.5 Å². The number of ether oxygens (including phenoxy) is 3. The third-order valence-corrected chi connectivity index (χ3v) is 4.77. The van der Waals surface area contributed by atoms with Crippen molar-refractivity contribution < 1.29 is 23.4 Å². The second kappa shape index (κ2) is 8.61. The van der Waals surface area contributed by atoms with Crippen molar-refractivity contribution in [3.8, 4) is 28.8 Å². The number of oxazole rings is 1. The number of benzene rings is 1. The van der Waals surface area contributed by atoms with Crippen LogP contribution in [0.25, 0.3) is 22.6 Å². The standard InChI is InChI=1S/C22H25N3O5/c1-13(24-14(2)26)11-29-21-9-20-18(10-23-21)25-22(30-20)17-7-6-16(8-19(17)27-3)28-12-15-4-5-15/h6-10,13,15H,4-5,11-12H2,1-3H3,(H,24,26)/t13-/m0/s1. The number of pyridine rings is 1. The first kappa shape index (κ1) is 20.0. The fourth-order valence-electron chi connectivity index (χ4n) is 3.04. The van der Waals surface area contributed by atoms with Crippen LogP contribution in [-0.4, -0.2) is 42.2 Å². The number of carbonyl (C=O) groups excluding carboxylic acids is 1. The molecule has 1 aromatic carbocycles. The largest absolute Gasteiger partial charge is 0.496 e. The van der Waals surface area contributed by atoms with Crippen LogP contribution in [0.15, 0.2) is 34.9 Å². The van der Waals surface area contributed by atoms with E-state index in [0.29, 0.717) is 41.1 Å². The van der Waals surface area contributed by atoms with Gasteiger partial charge in [0.15, 0.2) is 5.58 Å². The highest BCUT2D eigenvalue weighted by atomic mass is 16.5. The molecule has 0 aliphatic heterocycles. The number of carbonyl (C=O) groups is 1. The maximum Gasteiger partial charge on any atom is 0.231 e. The van der Waals surface area contributed by atoms with E-state index in [0.717, 1.165) is 17.9 Å². The molecule has 158 valence electrons. The molecule has 2 aromatic heterocycles. The van der Waals surface area contributed by atoms with Crippen LogP contribution < -0.4 is 19.5 Å². The summed E-state index contributed by atoms with van der Waals surface area (Å²) in [6.45, 7) is 4.36. The van der Waals surface area contributed by atoms with Crippen molar-refractivity contribution >= 4 is 17.0 Å². The van der Waals surface area contributed by atoms with Gasteiger partial charge in [0.05, 0.1) is 31.5 Å². The number of hydrogen-bond donors (Lipinski definition) is 1. The number of rotatable bonds is 9. The summed E-state index contributed by atoms with van der Waals surface area (Å²) in [5.74, 6) is 2.80. The fourth-order valence-corrected chi connectivity index (χ4v) is 3.04. The van der Waals surface area contributed by atoms with Crippen LogP contribution in [0.5, 0.6) is 17.4 Å². The maximum absolute atomic E-state index is 11.1. The van der Waals surface area contributed by atoms with E-state index in [9.17, 15) is 4.79 Å². The number of hydrogen-bond acceptors (Lipinski definition) is 7. The normalized spacial score (nSPS) is 14.4. The Morgan fingerprint density at radius 1 is 1.30 bits per heavy atom. The van der Waals surface area contributed by atoms with E-state index in [2.05, 4.69) is 15.3 Å². The van der Waals surface area contributed by atoms with Crippen LogP contribution >= 0.6 is 0 Å². The molecule has 30 heavy (non-hydrogen) atoms. The number of aromatic nitrogens is 2. The van der Waals surface area contributed by atoms with Crippen LogP contribution in [0, 0.1) is 5.92 Å². The Balaban J connectivity index is 1.50. The molecule has 1 atom stereocenters. The summed E-state index contributed by atoms with van der Waals surface area (Å²) >= 11 is 0. The lowest BCUT2D eigenvalue weighted by Gasteiger charge is -2.12. The number of methoxy groups -OCH3 is 1. The molecular weight excluding hydrogens is 386 g/mol. The van der Waals surface area contributed by atoms with Gasteiger partial charge in [-0.25, -0.2) is 9.97 Å². The lowest BCUT2D eigenvalue weighted by molar-refractivity contribution is -0.119. The van der Waals surface area contributed by atoms with Gasteiger partial charge in [-0.15, -0.1) is 0 Å². The lowest BCUT2D eigenvalue weighted by Crippen LogP contribution is -2.35. The molecule has 4 rings (SSSR count). The van der Waals surface area contributed by atoms with Gasteiger partial charge in [-0.2, -0.15) is 0 Å². The van der Waals surface area contributed by atoms with Crippen molar-refractivity contribution in [1.82, 2.24) is 15.3 Å². The van der Waals surface area contributed by atoms with Crippen molar-refractivity contribution in [2.24, 2.45) is 5.92 Å². The molecule has 0 spiro atoms. The van der Waals surface area contributed by atoms with E-state index in [1.165, 1.54) is 19.8 Å². The molecule has 1 fully saturated rings. The molecule has 1 aliphatic rings. The smallest absolute Gasteiger partial charge is 0.231 e. The quantitative estimate of drug-likeness (QED) is 0.575. The second-order valence-electron chi connectivity index (χ2n) is 7.54. The van der Waals surface area contributed by atoms with Crippen LogP contribution in [-0.2, 0) is 4.79 Å². The van der Waals surface area contributed by atoms with Gasteiger partial charge >= 0.3 is 0 Å². The number of nitrogens with zero attached hydrogens (tertiary/aromatic N) is 2. The molecule has 8 nitrogen and oxygen atoms in total. The van der Waals surface area contributed by atoms with E-state index >= 15 is 0 Å². The highest BCUT2D eigenvalue weighted by Crippen LogP contribution is 2.36. The summed E-state index contributed by atoms with van der Waals surface area (Å²) in [5.41, 5.74) is 1.90. The molecular formula is C22H25N3O5. The minimum absolute atomic E-state index is 0.104. The molecule has 2 heterocycles. The predicted octanol–water partition coefficient (Wildman–Crippen LogP) is 3.59. The van der Waals surface area contributed by atoms with Gasteiger partial charge in [0.1, 0.15) is 23.6 Å². The van der Waals surface area contributed by atoms with Gasteiger partial charge in [0, 0.05) is 19.1 Å². The van der Waals surface area contributed by atoms with Gasteiger partial charge in [-0.05, 0) is 37.8 Å². The van der Waals surface area contributed by atoms with Crippen molar-refractivity contribution in [2.45, 2.75) is 32.7 Å². The van der Waals surface area contributed by atoms with Gasteiger partial charge in [0.2, 0.25) is 17.7 Å². The summed E-state index contributed by atoms with van der Waals surface area (Å²) < 4.78 is 22.9. The topological polar surface area (TPSA) is 95.7 Å². The highest BCUT2D eigenvalue weighted by Gasteiger charge is 2.22. The summed E-state index contributed by atoms with van der Waals surface area (Å²) in [7, 11) is 1.61. The van der Waals surface area contributed by atoms with Crippen LogP contribution in [0.2, 0.25) is 0 Å². The Labute approximate surface area is 174 Å². The van der Waals surface area contributed by atoms with E-state index in [4.69, 9.17) is 18.6 Å². The average molecular weight is 411 g/mol. The lowest BCUT2D eigenvalue weighted by atomic mass is 10.2.